The Bertz CT molecular complexity index is 1340. The average Bonchev–Trinajstić information content (AvgIpc) is 3.13. The molecule has 0 spiro atoms. The Balaban J connectivity index is 1.59. The van der Waals surface area contributed by atoms with E-state index in [0.29, 0.717) is 53.7 Å². The highest BCUT2D eigenvalue weighted by molar-refractivity contribution is 7.92. The van der Waals surface area contributed by atoms with E-state index < -0.39 is 10.0 Å². The number of methoxy groups -OCH3 is 2. The van der Waals surface area contributed by atoms with Crippen LogP contribution in [0.15, 0.2) is 46.1 Å². The SMILES string of the molecule is COc1ccc(NS(=O)(=O)c2ccc3c(c2)sc(=O)n3CC(=O)N2CCOCC2)cc1OC. The summed E-state index contributed by atoms with van der Waals surface area (Å²) in [6.07, 6.45) is 0. The van der Waals surface area contributed by atoms with Crippen molar-refractivity contribution in [2.75, 3.05) is 45.2 Å². The van der Waals surface area contributed by atoms with Crippen molar-refractivity contribution in [2.24, 2.45) is 0 Å². The molecule has 1 amide bonds. The standard InChI is InChI=1S/C21H23N3O7S2/c1-29-17-6-3-14(11-18(17)30-2)22-33(27,28)15-4-5-16-19(12-15)32-21(26)24(16)13-20(25)23-7-9-31-10-8-23/h3-6,11-12,22H,7-10,13H2,1-2H3. The van der Waals surface area contributed by atoms with Gasteiger partial charge in [0.2, 0.25) is 5.91 Å². The summed E-state index contributed by atoms with van der Waals surface area (Å²) in [6.45, 7) is 1.81. The van der Waals surface area contributed by atoms with Crippen molar-refractivity contribution in [1.82, 2.24) is 9.47 Å². The number of nitrogens with zero attached hydrogens (tertiary/aromatic N) is 2. The maximum atomic E-state index is 12.9. The molecule has 0 bridgehead atoms. The lowest BCUT2D eigenvalue weighted by Gasteiger charge is -2.26. The molecule has 1 N–H and O–H groups in total. The molecule has 1 fully saturated rings. The number of hydrogen-bond donors (Lipinski definition) is 1. The highest BCUT2D eigenvalue weighted by Crippen LogP contribution is 2.31. The number of carbonyl (C=O) groups is 1. The van der Waals surface area contributed by atoms with E-state index in [1.54, 1.807) is 23.1 Å². The van der Waals surface area contributed by atoms with Gasteiger partial charge in [-0.1, -0.05) is 11.3 Å². The van der Waals surface area contributed by atoms with Gasteiger partial charge in [-0.25, -0.2) is 8.42 Å². The summed E-state index contributed by atoms with van der Waals surface area (Å²) in [4.78, 5) is 26.4. The van der Waals surface area contributed by atoms with Gasteiger partial charge in [0, 0.05) is 19.2 Å². The van der Waals surface area contributed by atoms with Gasteiger partial charge in [-0.2, -0.15) is 0 Å². The van der Waals surface area contributed by atoms with Crippen LogP contribution in [0.3, 0.4) is 0 Å². The molecule has 0 saturated carbocycles. The van der Waals surface area contributed by atoms with E-state index in [-0.39, 0.29) is 22.2 Å². The molecule has 4 rings (SSSR count). The third-order valence-electron chi connectivity index (χ3n) is 5.24. The highest BCUT2D eigenvalue weighted by Gasteiger charge is 2.21. The maximum Gasteiger partial charge on any atom is 0.308 e. The number of aromatic nitrogens is 1. The summed E-state index contributed by atoms with van der Waals surface area (Å²) in [5.41, 5.74) is 0.811. The van der Waals surface area contributed by atoms with Crippen molar-refractivity contribution in [3.8, 4) is 11.5 Å². The zero-order chi connectivity index (χ0) is 23.6. The molecule has 2 aromatic carbocycles. The normalized spacial score (nSPS) is 14.3. The average molecular weight is 494 g/mol. The molecule has 10 nitrogen and oxygen atoms in total. The monoisotopic (exact) mass is 493 g/mol. The summed E-state index contributed by atoms with van der Waals surface area (Å²) in [6, 6.07) is 9.05. The minimum atomic E-state index is -3.93. The van der Waals surface area contributed by atoms with Crippen molar-refractivity contribution >= 4 is 43.2 Å². The van der Waals surface area contributed by atoms with Crippen LogP contribution in [-0.4, -0.2) is 64.3 Å². The second-order valence-electron chi connectivity index (χ2n) is 7.25. The zero-order valence-corrected chi connectivity index (χ0v) is 19.7. The van der Waals surface area contributed by atoms with Crippen LogP contribution >= 0.6 is 11.3 Å². The smallest absolute Gasteiger partial charge is 0.308 e. The van der Waals surface area contributed by atoms with Gasteiger partial charge in [-0.3, -0.25) is 18.9 Å². The Hall–Kier alpha value is -3.09. The molecule has 0 atom stereocenters. The third kappa shape index (κ3) is 4.82. The number of amides is 1. The number of anilines is 1. The zero-order valence-electron chi connectivity index (χ0n) is 18.1. The second-order valence-corrected chi connectivity index (χ2v) is 9.93. The molecular weight excluding hydrogens is 470 g/mol. The third-order valence-corrected chi connectivity index (χ3v) is 7.56. The van der Waals surface area contributed by atoms with Crippen molar-refractivity contribution in [3.63, 3.8) is 0 Å². The molecule has 0 aliphatic carbocycles. The van der Waals surface area contributed by atoms with Crippen LogP contribution in [0.4, 0.5) is 5.69 Å². The van der Waals surface area contributed by atoms with E-state index in [2.05, 4.69) is 4.72 Å². The van der Waals surface area contributed by atoms with Gasteiger partial charge >= 0.3 is 4.87 Å². The molecule has 1 aliphatic rings. The lowest BCUT2D eigenvalue weighted by Crippen LogP contribution is -2.43. The summed E-state index contributed by atoms with van der Waals surface area (Å²) in [7, 11) is -0.985. The fourth-order valence-corrected chi connectivity index (χ4v) is 5.61. The van der Waals surface area contributed by atoms with Gasteiger partial charge in [0.1, 0.15) is 6.54 Å². The molecule has 1 saturated heterocycles. The number of morpholine rings is 1. The van der Waals surface area contributed by atoms with Crippen molar-refractivity contribution in [1.29, 1.82) is 0 Å². The first kappa shape index (κ1) is 23.1. The van der Waals surface area contributed by atoms with E-state index in [1.165, 1.54) is 37.0 Å². The fraction of sp³-hybridized carbons (Fsp3) is 0.333. The van der Waals surface area contributed by atoms with E-state index in [4.69, 9.17) is 14.2 Å². The molecule has 1 aliphatic heterocycles. The van der Waals surface area contributed by atoms with Gasteiger partial charge < -0.3 is 19.1 Å². The Morgan fingerprint density at radius 2 is 1.82 bits per heavy atom. The number of hydrogen-bond acceptors (Lipinski definition) is 8. The summed E-state index contributed by atoms with van der Waals surface area (Å²) in [5, 5.41) is 0. The van der Waals surface area contributed by atoms with Gasteiger partial charge in [0.25, 0.3) is 10.0 Å². The lowest BCUT2D eigenvalue weighted by molar-refractivity contribution is -0.135. The molecule has 12 heteroatoms. The Morgan fingerprint density at radius 1 is 1.09 bits per heavy atom. The van der Waals surface area contributed by atoms with Crippen LogP contribution in [0.2, 0.25) is 0 Å². The van der Waals surface area contributed by atoms with Crippen LogP contribution in [0.5, 0.6) is 11.5 Å². The maximum absolute atomic E-state index is 12.9. The predicted octanol–water partition coefficient (Wildman–Crippen LogP) is 1.74. The van der Waals surface area contributed by atoms with Crippen molar-refractivity contribution in [2.45, 2.75) is 11.4 Å². The highest BCUT2D eigenvalue weighted by atomic mass is 32.2. The number of benzene rings is 2. The Morgan fingerprint density at radius 3 is 2.52 bits per heavy atom. The molecule has 3 aromatic rings. The van der Waals surface area contributed by atoms with Crippen LogP contribution in [0.25, 0.3) is 10.2 Å². The molecule has 33 heavy (non-hydrogen) atoms. The Kier molecular flexibility index (Phi) is 6.58. The first-order valence-corrected chi connectivity index (χ1v) is 12.4. The summed E-state index contributed by atoms with van der Waals surface area (Å²) < 4.78 is 45.9. The topological polar surface area (TPSA) is 116 Å². The minimum Gasteiger partial charge on any atom is -0.493 e. The van der Waals surface area contributed by atoms with Crippen LogP contribution in [0, 0.1) is 0 Å². The second kappa shape index (κ2) is 9.41. The van der Waals surface area contributed by atoms with Crippen LogP contribution < -0.4 is 19.1 Å². The number of fused-ring (bicyclic) bond motifs is 1. The number of thiazole rings is 1. The number of nitrogens with one attached hydrogen (secondary N) is 1. The number of ether oxygens (including phenoxy) is 3. The lowest BCUT2D eigenvalue weighted by atomic mass is 10.3. The van der Waals surface area contributed by atoms with E-state index in [9.17, 15) is 18.0 Å². The van der Waals surface area contributed by atoms with Crippen LogP contribution in [-0.2, 0) is 26.1 Å². The largest absolute Gasteiger partial charge is 0.493 e. The van der Waals surface area contributed by atoms with E-state index in [0.717, 1.165) is 11.3 Å². The van der Waals surface area contributed by atoms with Crippen LogP contribution in [0.1, 0.15) is 0 Å². The first-order chi connectivity index (χ1) is 15.8. The molecule has 2 heterocycles. The molecule has 176 valence electrons. The van der Waals surface area contributed by atoms with Gasteiger partial charge in [-0.15, -0.1) is 0 Å². The van der Waals surface area contributed by atoms with Gasteiger partial charge in [-0.05, 0) is 30.3 Å². The van der Waals surface area contributed by atoms with Crippen molar-refractivity contribution in [3.05, 3.63) is 46.1 Å². The fourth-order valence-electron chi connectivity index (χ4n) is 3.53. The summed E-state index contributed by atoms with van der Waals surface area (Å²) in [5.74, 6) is 0.680. The minimum absolute atomic E-state index is 0.00214. The predicted molar refractivity (Wildman–Crippen MR) is 124 cm³/mol. The first-order valence-electron chi connectivity index (χ1n) is 10.1. The number of rotatable bonds is 7. The van der Waals surface area contributed by atoms with Gasteiger partial charge in [0.15, 0.2) is 11.5 Å². The van der Waals surface area contributed by atoms with Gasteiger partial charge in [0.05, 0.1) is 48.2 Å². The number of sulfonamides is 1. The van der Waals surface area contributed by atoms with Crippen molar-refractivity contribution < 1.29 is 27.4 Å². The quantitative estimate of drug-likeness (QED) is 0.533. The molecule has 0 unspecified atom stereocenters. The van der Waals surface area contributed by atoms with E-state index >= 15 is 0 Å². The molecular formula is C21H23N3O7S2. The summed E-state index contributed by atoms with van der Waals surface area (Å²) >= 11 is 0.898. The number of carbonyl (C=O) groups excluding carboxylic acids is 1. The Labute approximate surface area is 194 Å². The molecule has 1 aromatic heterocycles. The molecule has 0 radical (unpaired) electrons. The van der Waals surface area contributed by atoms with E-state index in [1.807, 2.05) is 0 Å².